The van der Waals surface area contributed by atoms with E-state index < -0.39 is 0 Å². The molecule has 0 radical (unpaired) electrons. The maximum Gasteiger partial charge on any atom is 0.170 e. The van der Waals surface area contributed by atoms with Crippen molar-refractivity contribution in [3.63, 3.8) is 0 Å². The molecule has 3 aromatic rings. The van der Waals surface area contributed by atoms with Crippen LogP contribution < -0.4 is 5.32 Å². The van der Waals surface area contributed by atoms with Gasteiger partial charge in [0.05, 0.1) is 17.8 Å². The molecule has 2 fully saturated rings. The summed E-state index contributed by atoms with van der Waals surface area (Å²) in [5.74, 6) is 0. The van der Waals surface area contributed by atoms with Crippen molar-refractivity contribution in [2.75, 3.05) is 0 Å². The van der Waals surface area contributed by atoms with Gasteiger partial charge < -0.3 is 14.8 Å². The summed E-state index contributed by atoms with van der Waals surface area (Å²) in [6.07, 6.45) is 10.6. The molecule has 1 aliphatic carbocycles. The van der Waals surface area contributed by atoms with Gasteiger partial charge in [-0.15, -0.1) is 0 Å². The fourth-order valence-corrected chi connectivity index (χ4v) is 5.71. The van der Waals surface area contributed by atoms with Gasteiger partial charge >= 0.3 is 0 Å². The molecule has 0 spiro atoms. The SMILES string of the molecule is Cc1cc(C2C(c3ccccn3)NC(=S)N2C2CCCC2)c(C)n1Cc1cccnc1. The van der Waals surface area contributed by atoms with Crippen molar-refractivity contribution in [1.29, 1.82) is 0 Å². The smallest absolute Gasteiger partial charge is 0.170 e. The number of pyridine rings is 2. The van der Waals surface area contributed by atoms with Crippen molar-refractivity contribution in [3.8, 4) is 0 Å². The number of aryl methyl sites for hydroxylation is 1. The van der Waals surface area contributed by atoms with Crippen LogP contribution in [0, 0.1) is 13.8 Å². The zero-order valence-corrected chi connectivity index (χ0v) is 19.0. The maximum absolute atomic E-state index is 5.89. The van der Waals surface area contributed by atoms with Crippen molar-refractivity contribution < 1.29 is 0 Å². The number of aromatic nitrogens is 3. The van der Waals surface area contributed by atoms with E-state index >= 15 is 0 Å². The van der Waals surface area contributed by atoms with E-state index in [-0.39, 0.29) is 12.1 Å². The molecule has 4 heterocycles. The molecule has 0 amide bonds. The third kappa shape index (κ3) is 3.74. The predicted octanol–water partition coefficient (Wildman–Crippen LogP) is 4.86. The number of rotatable bonds is 5. The Kier molecular flexibility index (Phi) is 5.48. The normalized spacial score (nSPS) is 21.6. The van der Waals surface area contributed by atoms with Gasteiger partial charge in [0.15, 0.2) is 5.11 Å². The van der Waals surface area contributed by atoms with Crippen LogP contribution in [0.3, 0.4) is 0 Å². The standard InChI is InChI=1S/C25H29N5S/c1-17-14-21(18(2)29(17)16-19-8-7-12-26-15-19)24-23(22-11-5-6-13-27-22)28-25(31)30(24)20-9-3-4-10-20/h5-8,11-15,20,23-24H,3-4,9-10,16H2,1-2H3,(H,28,31). The first-order chi connectivity index (χ1) is 15.1. The molecule has 2 aliphatic rings. The van der Waals surface area contributed by atoms with Crippen LogP contribution >= 0.6 is 12.2 Å². The molecule has 6 heteroatoms. The van der Waals surface area contributed by atoms with Crippen LogP contribution in [-0.2, 0) is 6.54 Å². The lowest BCUT2D eigenvalue weighted by atomic mass is 9.95. The molecule has 2 atom stereocenters. The molecular formula is C25H29N5S. The molecule has 3 aromatic heterocycles. The number of nitrogens with one attached hydrogen (secondary N) is 1. The molecule has 2 unspecified atom stereocenters. The third-order valence-corrected chi connectivity index (χ3v) is 7.18. The second kappa shape index (κ2) is 8.42. The second-order valence-electron chi connectivity index (χ2n) is 8.75. The molecule has 31 heavy (non-hydrogen) atoms. The Hall–Kier alpha value is -2.73. The Balaban J connectivity index is 1.57. The van der Waals surface area contributed by atoms with Crippen LogP contribution in [0.25, 0.3) is 0 Å². The minimum Gasteiger partial charge on any atom is -0.352 e. The van der Waals surface area contributed by atoms with E-state index in [1.54, 1.807) is 0 Å². The van der Waals surface area contributed by atoms with Crippen LogP contribution in [0.4, 0.5) is 0 Å². The molecule has 5 nitrogen and oxygen atoms in total. The van der Waals surface area contributed by atoms with Crippen LogP contribution in [0.2, 0.25) is 0 Å². The lowest BCUT2D eigenvalue weighted by molar-refractivity contribution is 0.245. The summed E-state index contributed by atoms with van der Waals surface area (Å²) >= 11 is 5.89. The molecule has 0 bridgehead atoms. The fourth-order valence-electron chi connectivity index (χ4n) is 5.32. The van der Waals surface area contributed by atoms with E-state index in [9.17, 15) is 0 Å². The zero-order valence-electron chi connectivity index (χ0n) is 18.2. The van der Waals surface area contributed by atoms with Crippen molar-refractivity contribution in [1.82, 2.24) is 24.8 Å². The van der Waals surface area contributed by atoms with Crippen molar-refractivity contribution in [3.05, 3.63) is 83.2 Å². The molecule has 0 aromatic carbocycles. The van der Waals surface area contributed by atoms with Crippen LogP contribution in [0.1, 0.15) is 66.0 Å². The summed E-state index contributed by atoms with van der Waals surface area (Å²) in [5.41, 5.74) is 6.16. The largest absolute Gasteiger partial charge is 0.352 e. The summed E-state index contributed by atoms with van der Waals surface area (Å²) in [5, 5.41) is 4.49. The Morgan fingerprint density at radius 3 is 2.65 bits per heavy atom. The number of thiocarbonyl (C=S) groups is 1. The molecule has 160 valence electrons. The van der Waals surface area contributed by atoms with Crippen molar-refractivity contribution in [2.24, 2.45) is 0 Å². The van der Waals surface area contributed by atoms with Gasteiger partial charge in [0, 0.05) is 42.6 Å². The van der Waals surface area contributed by atoms with E-state index in [0.29, 0.717) is 6.04 Å². The van der Waals surface area contributed by atoms with Gasteiger partial charge in [0.25, 0.3) is 0 Å². The summed E-state index contributed by atoms with van der Waals surface area (Å²) in [7, 11) is 0. The van der Waals surface area contributed by atoms with E-state index in [1.807, 2.05) is 30.7 Å². The summed E-state index contributed by atoms with van der Waals surface area (Å²) in [6, 6.07) is 13.3. The highest BCUT2D eigenvalue weighted by Gasteiger charge is 2.44. The highest BCUT2D eigenvalue weighted by atomic mass is 32.1. The van der Waals surface area contributed by atoms with Crippen LogP contribution in [-0.4, -0.2) is 30.6 Å². The van der Waals surface area contributed by atoms with Crippen LogP contribution in [0.5, 0.6) is 0 Å². The first kappa shape index (κ1) is 20.2. The van der Waals surface area contributed by atoms with Gasteiger partial charge in [0.1, 0.15) is 0 Å². The number of nitrogens with zero attached hydrogens (tertiary/aromatic N) is 4. The van der Waals surface area contributed by atoms with Gasteiger partial charge in [0.2, 0.25) is 0 Å². The van der Waals surface area contributed by atoms with Crippen molar-refractivity contribution in [2.45, 2.75) is 64.2 Å². The summed E-state index contributed by atoms with van der Waals surface area (Å²) in [6.45, 7) is 5.26. The van der Waals surface area contributed by atoms with Gasteiger partial charge in [-0.05, 0) is 74.3 Å². The topological polar surface area (TPSA) is 46.0 Å². The van der Waals surface area contributed by atoms with Gasteiger partial charge in [-0.1, -0.05) is 25.0 Å². The Bertz CT molecular complexity index is 1060. The van der Waals surface area contributed by atoms with E-state index in [2.05, 4.69) is 57.9 Å². The lowest BCUT2D eigenvalue weighted by Gasteiger charge is -2.33. The number of hydrogen-bond acceptors (Lipinski definition) is 3. The average molecular weight is 432 g/mol. The molecule has 1 saturated carbocycles. The van der Waals surface area contributed by atoms with Gasteiger partial charge in [-0.25, -0.2) is 0 Å². The maximum atomic E-state index is 5.89. The Morgan fingerprint density at radius 1 is 1.10 bits per heavy atom. The van der Waals surface area contributed by atoms with E-state index in [1.165, 1.54) is 48.2 Å². The molecule has 1 aliphatic heterocycles. The minimum absolute atomic E-state index is 0.0571. The summed E-state index contributed by atoms with van der Waals surface area (Å²) < 4.78 is 2.40. The van der Waals surface area contributed by atoms with E-state index in [4.69, 9.17) is 17.2 Å². The predicted molar refractivity (Wildman–Crippen MR) is 127 cm³/mol. The zero-order chi connectivity index (χ0) is 21.4. The lowest BCUT2D eigenvalue weighted by Crippen LogP contribution is -2.37. The first-order valence-corrected chi connectivity index (χ1v) is 11.6. The quantitative estimate of drug-likeness (QED) is 0.585. The molecular weight excluding hydrogens is 402 g/mol. The Morgan fingerprint density at radius 2 is 1.94 bits per heavy atom. The van der Waals surface area contributed by atoms with E-state index in [0.717, 1.165) is 17.4 Å². The van der Waals surface area contributed by atoms with Gasteiger partial charge in [-0.2, -0.15) is 0 Å². The van der Waals surface area contributed by atoms with Crippen molar-refractivity contribution >= 4 is 17.3 Å². The molecule has 5 rings (SSSR count). The molecule has 1 N–H and O–H groups in total. The second-order valence-corrected chi connectivity index (χ2v) is 9.13. The molecule has 1 saturated heterocycles. The first-order valence-electron chi connectivity index (χ1n) is 11.2. The minimum atomic E-state index is 0.0571. The average Bonchev–Trinajstić information content (AvgIpc) is 3.50. The highest BCUT2D eigenvalue weighted by Crippen LogP contribution is 2.44. The third-order valence-electron chi connectivity index (χ3n) is 6.85. The van der Waals surface area contributed by atoms with Gasteiger partial charge in [-0.3, -0.25) is 9.97 Å². The Labute approximate surface area is 189 Å². The monoisotopic (exact) mass is 431 g/mol. The van der Waals surface area contributed by atoms with Crippen LogP contribution in [0.15, 0.2) is 55.0 Å². The fraction of sp³-hybridized carbons (Fsp3) is 0.400. The highest BCUT2D eigenvalue weighted by molar-refractivity contribution is 7.80. The number of hydrogen-bond donors (Lipinski definition) is 1. The summed E-state index contributed by atoms with van der Waals surface area (Å²) in [4.78, 5) is 11.5.